The minimum absolute atomic E-state index is 0.366. The van der Waals surface area contributed by atoms with Gasteiger partial charge >= 0.3 is 5.97 Å². The summed E-state index contributed by atoms with van der Waals surface area (Å²) in [5.74, 6) is -3.79. The van der Waals surface area contributed by atoms with Gasteiger partial charge in [-0.05, 0) is 49.5 Å². The van der Waals surface area contributed by atoms with Crippen LogP contribution in [0, 0.1) is 28.1 Å². The minimum atomic E-state index is -2.34. The van der Waals surface area contributed by atoms with Gasteiger partial charge in [-0.15, -0.1) is 0 Å². The second kappa shape index (κ2) is 5.10. The lowest BCUT2D eigenvalue weighted by Gasteiger charge is -2.74. The molecule has 0 aromatic heterocycles. The average molecular weight is 366 g/mol. The topological polar surface area (TPSA) is 107 Å². The van der Waals surface area contributed by atoms with Crippen molar-refractivity contribution in [2.45, 2.75) is 77.0 Å². The van der Waals surface area contributed by atoms with Gasteiger partial charge in [0, 0.05) is 5.92 Å². The highest BCUT2D eigenvalue weighted by molar-refractivity contribution is 5.82. The average Bonchev–Trinajstić information content (AvgIpc) is 2.52. The number of ether oxygens (including phenoxy) is 1. The summed E-state index contributed by atoms with van der Waals surface area (Å²) in [6, 6.07) is 0. The lowest BCUT2D eigenvalue weighted by Crippen LogP contribution is -2.86. The molecule has 2 bridgehead atoms. The molecule has 3 saturated carbocycles. The third kappa shape index (κ3) is 1.66. The molecule has 0 aromatic rings. The number of hydrogen-bond donors (Lipinski definition) is 4. The largest absolute Gasteiger partial charge is 0.429 e. The molecule has 1 spiro atoms. The fourth-order valence-electron chi connectivity index (χ4n) is 7.37. The first-order valence-electron chi connectivity index (χ1n) is 9.65. The predicted molar refractivity (Wildman–Crippen MR) is 92.6 cm³/mol. The van der Waals surface area contributed by atoms with E-state index < -0.39 is 52.7 Å². The van der Waals surface area contributed by atoms with Crippen molar-refractivity contribution in [2.75, 3.05) is 0 Å². The molecule has 5 aliphatic rings. The van der Waals surface area contributed by atoms with Crippen LogP contribution < -0.4 is 0 Å². The van der Waals surface area contributed by atoms with E-state index in [2.05, 4.69) is 6.58 Å². The van der Waals surface area contributed by atoms with Crippen molar-refractivity contribution in [1.82, 2.24) is 0 Å². The molecule has 8 atom stereocenters. The van der Waals surface area contributed by atoms with Gasteiger partial charge in [-0.25, -0.2) is 0 Å². The second-order valence-corrected chi connectivity index (χ2v) is 9.65. The fraction of sp³-hybridized carbons (Fsp3) is 0.850. The molecular weight excluding hydrogens is 336 g/mol. The molecule has 3 aliphatic carbocycles. The summed E-state index contributed by atoms with van der Waals surface area (Å²) in [5, 5.41) is 44.7. The van der Waals surface area contributed by atoms with E-state index in [4.69, 9.17) is 4.74 Å². The maximum atomic E-state index is 13.2. The number of fused-ring (bicyclic) bond motifs is 1. The van der Waals surface area contributed by atoms with Crippen molar-refractivity contribution < 1.29 is 30.0 Å². The maximum absolute atomic E-state index is 13.2. The smallest absolute Gasteiger partial charge is 0.315 e. The molecule has 2 unspecified atom stereocenters. The van der Waals surface area contributed by atoms with E-state index in [0.717, 1.165) is 12.8 Å². The van der Waals surface area contributed by atoms with E-state index >= 15 is 0 Å². The fourth-order valence-corrected chi connectivity index (χ4v) is 7.37. The summed E-state index contributed by atoms with van der Waals surface area (Å²) in [7, 11) is 0. The first kappa shape index (κ1) is 18.4. The Morgan fingerprint density at radius 1 is 1.27 bits per heavy atom. The van der Waals surface area contributed by atoms with Crippen LogP contribution in [0.5, 0.6) is 0 Å². The molecule has 6 heteroatoms. The van der Waals surface area contributed by atoms with E-state index in [9.17, 15) is 25.2 Å². The van der Waals surface area contributed by atoms with Gasteiger partial charge in [0.05, 0.1) is 23.0 Å². The number of aliphatic hydroxyl groups excluding tert-OH is 3. The standard InChI is InChI=1S/C20H30O6/c1-10-6-7-12-18-9-5-8-17(3,4)13(18)15(23)20(25,26-16(18)24)19(12,11(2)21)14(10)22/h11-15,21-23,25H,1,5-9H2,2-4H3/t11-,12?,13?,14-,15+,18-,19+,20+/m1/s1. The van der Waals surface area contributed by atoms with Gasteiger partial charge in [-0.3, -0.25) is 4.79 Å². The first-order chi connectivity index (χ1) is 12.0. The van der Waals surface area contributed by atoms with Crippen molar-refractivity contribution in [3.05, 3.63) is 12.2 Å². The van der Waals surface area contributed by atoms with E-state index in [-0.39, 0.29) is 5.41 Å². The van der Waals surface area contributed by atoms with Gasteiger partial charge in [0.1, 0.15) is 6.10 Å². The predicted octanol–water partition coefficient (Wildman–Crippen LogP) is 1.11. The Labute approximate surface area is 153 Å². The van der Waals surface area contributed by atoms with Crippen LogP contribution in [0.25, 0.3) is 0 Å². The third-order valence-corrected chi connectivity index (χ3v) is 8.26. The highest BCUT2D eigenvalue weighted by Gasteiger charge is 2.85. The summed E-state index contributed by atoms with van der Waals surface area (Å²) >= 11 is 0. The molecule has 0 amide bonds. The molecule has 5 rings (SSSR count). The first-order valence-corrected chi connectivity index (χ1v) is 9.65. The lowest BCUT2D eigenvalue weighted by atomic mass is 9.35. The van der Waals surface area contributed by atoms with Gasteiger partial charge in [-0.1, -0.05) is 26.8 Å². The Kier molecular flexibility index (Phi) is 3.61. The molecule has 4 N–H and O–H groups in total. The third-order valence-electron chi connectivity index (χ3n) is 8.26. The van der Waals surface area contributed by atoms with Gasteiger partial charge in [-0.2, -0.15) is 0 Å². The van der Waals surface area contributed by atoms with Crippen LogP contribution in [0.15, 0.2) is 12.2 Å². The molecule has 146 valence electrons. The Balaban J connectivity index is 2.03. The van der Waals surface area contributed by atoms with E-state index in [1.807, 2.05) is 13.8 Å². The Hall–Kier alpha value is -0.950. The molecular formula is C20H30O6. The van der Waals surface area contributed by atoms with Crippen LogP contribution >= 0.6 is 0 Å². The van der Waals surface area contributed by atoms with Crippen LogP contribution in [0.1, 0.15) is 52.9 Å². The maximum Gasteiger partial charge on any atom is 0.315 e. The summed E-state index contributed by atoms with van der Waals surface area (Å²) < 4.78 is 5.50. The van der Waals surface area contributed by atoms with Crippen LogP contribution in [0.4, 0.5) is 0 Å². The zero-order chi connectivity index (χ0) is 19.3. The molecule has 2 heterocycles. The second-order valence-electron chi connectivity index (χ2n) is 9.65. The van der Waals surface area contributed by atoms with Gasteiger partial charge < -0.3 is 25.2 Å². The van der Waals surface area contributed by atoms with Crippen molar-refractivity contribution >= 4 is 5.97 Å². The number of aliphatic hydroxyl groups is 4. The van der Waals surface area contributed by atoms with Crippen molar-refractivity contribution in [3.8, 4) is 0 Å². The highest BCUT2D eigenvalue weighted by atomic mass is 16.7. The SMILES string of the molecule is C=C1CCC2[C@]34CCCC(C)(C)C3[C@H](O)[C@](O)(OC4=O)[C@]2([C@@H](C)O)[C@@H]1O. The quantitative estimate of drug-likeness (QED) is 0.409. The van der Waals surface area contributed by atoms with Crippen molar-refractivity contribution in [2.24, 2.45) is 28.1 Å². The molecule has 6 nitrogen and oxygen atoms in total. The zero-order valence-electron chi connectivity index (χ0n) is 15.7. The number of esters is 1. The molecule has 2 saturated heterocycles. The molecule has 0 radical (unpaired) electrons. The molecule has 2 aliphatic heterocycles. The van der Waals surface area contributed by atoms with Crippen LogP contribution in [0.3, 0.4) is 0 Å². The number of rotatable bonds is 1. The van der Waals surface area contributed by atoms with Crippen LogP contribution in [0.2, 0.25) is 0 Å². The number of carbonyl (C=O) groups excluding carboxylic acids is 1. The van der Waals surface area contributed by atoms with Crippen LogP contribution in [-0.2, 0) is 9.53 Å². The van der Waals surface area contributed by atoms with Crippen molar-refractivity contribution in [3.63, 3.8) is 0 Å². The molecule has 26 heavy (non-hydrogen) atoms. The molecule has 0 aromatic carbocycles. The van der Waals surface area contributed by atoms with Gasteiger partial charge in [0.15, 0.2) is 0 Å². The Bertz CT molecular complexity index is 671. The summed E-state index contributed by atoms with van der Waals surface area (Å²) in [5.41, 5.74) is -2.45. The number of carbonyl (C=O) groups is 1. The van der Waals surface area contributed by atoms with Gasteiger partial charge in [0.25, 0.3) is 0 Å². The summed E-state index contributed by atoms with van der Waals surface area (Å²) in [6.07, 6.45) is -0.595. The summed E-state index contributed by atoms with van der Waals surface area (Å²) in [4.78, 5) is 13.2. The number of hydrogen-bond acceptors (Lipinski definition) is 6. The van der Waals surface area contributed by atoms with Crippen molar-refractivity contribution in [1.29, 1.82) is 0 Å². The zero-order valence-corrected chi connectivity index (χ0v) is 15.7. The van der Waals surface area contributed by atoms with Gasteiger partial charge in [0.2, 0.25) is 5.79 Å². The normalized spacial score (nSPS) is 53.5. The Morgan fingerprint density at radius 2 is 1.92 bits per heavy atom. The highest BCUT2D eigenvalue weighted by Crippen LogP contribution is 2.74. The Morgan fingerprint density at radius 3 is 2.54 bits per heavy atom. The van der Waals surface area contributed by atoms with E-state index in [1.54, 1.807) is 0 Å². The van der Waals surface area contributed by atoms with E-state index in [0.29, 0.717) is 24.8 Å². The lowest BCUT2D eigenvalue weighted by molar-refractivity contribution is -0.437. The minimum Gasteiger partial charge on any atom is -0.429 e. The summed E-state index contributed by atoms with van der Waals surface area (Å²) in [6.45, 7) is 9.43. The molecule has 5 fully saturated rings. The van der Waals surface area contributed by atoms with Crippen LogP contribution in [-0.4, -0.2) is 50.5 Å². The monoisotopic (exact) mass is 366 g/mol. The van der Waals surface area contributed by atoms with E-state index in [1.165, 1.54) is 6.92 Å².